The van der Waals surface area contributed by atoms with Crippen molar-refractivity contribution in [2.45, 2.75) is 20.4 Å². The molecule has 4 heterocycles. The van der Waals surface area contributed by atoms with Crippen molar-refractivity contribution in [2.24, 2.45) is 0 Å². The molecule has 1 N–H and O–H groups in total. The van der Waals surface area contributed by atoms with Gasteiger partial charge in [0.15, 0.2) is 28.3 Å². The normalized spacial score (nSPS) is 14.7. The average molecular weight is 587 g/mol. The number of rotatable bonds is 10. The molecule has 0 atom stereocenters. The number of nitrogens with zero attached hydrogens (tertiary/aromatic N) is 5. The smallest absolute Gasteiger partial charge is 0.350 e. The molecule has 1 aromatic carbocycles. The molecule has 13 nitrogen and oxygen atoms in total. The Hall–Kier alpha value is -4.04. The summed E-state index contributed by atoms with van der Waals surface area (Å²) in [7, 11) is 4.77. The molecule has 0 radical (unpaired) electrons. The third-order valence-electron chi connectivity index (χ3n) is 6.62. The number of ether oxygens (including phenoxy) is 6. The Kier molecular flexibility index (Phi) is 8.78. The van der Waals surface area contributed by atoms with Crippen LogP contribution in [-0.2, 0) is 16.0 Å². The van der Waals surface area contributed by atoms with Crippen LogP contribution in [0.4, 0.5) is 22.7 Å². The van der Waals surface area contributed by atoms with Gasteiger partial charge in [0.25, 0.3) is 0 Å². The maximum atomic E-state index is 12.4. The number of methoxy groups -OCH3 is 3. The summed E-state index contributed by atoms with van der Waals surface area (Å²) in [6, 6.07) is 3.85. The van der Waals surface area contributed by atoms with Crippen LogP contribution in [0.25, 0.3) is 0 Å². The number of fused-ring (bicyclic) bond motifs is 1. The predicted molar refractivity (Wildman–Crippen MR) is 154 cm³/mol. The molecule has 0 amide bonds. The Morgan fingerprint density at radius 1 is 1.00 bits per heavy atom. The highest BCUT2D eigenvalue weighted by Gasteiger charge is 2.30. The van der Waals surface area contributed by atoms with E-state index in [1.165, 1.54) is 11.3 Å². The van der Waals surface area contributed by atoms with Gasteiger partial charge in [0.1, 0.15) is 11.5 Å². The van der Waals surface area contributed by atoms with E-state index < -0.39 is 5.97 Å². The summed E-state index contributed by atoms with van der Waals surface area (Å²) in [4.78, 5) is 31.3. The van der Waals surface area contributed by atoms with Crippen LogP contribution in [-0.4, -0.2) is 88.3 Å². The minimum atomic E-state index is -0.402. The van der Waals surface area contributed by atoms with E-state index >= 15 is 0 Å². The maximum absolute atomic E-state index is 12.4. The third-order valence-corrected chi connectivity index (χ3v) is 7.67. The first-order valence-electron chi connectivity index (χ1n) is 13.3. The van der Waals surface area contributed by atoms with Crippen molar-refractivity contribution in [3.05, 3.63) is 28.3 Å². The molecule has 220 valence electrons. The number of hydrogen-bond acceptors (Lipinski definition) is 14. The van der Waals surface area contributed by atoms with Gasteiger partial charge in [0.05, 0.1) is 53.4 Å². The maximum Gasteiger partial charge on any atom is 0.350 e. The molecule has 1 saturated heterocycles. The fourth-order valence-electron chi connectivity index (χ4n) is 4.71. The summed E-state index contributed by atoms with van der Waals surface area (Å²) in [6.07, 6.45) is 0. The van der Waals surface area contributed by atoms with Gasteiger partial charge in [-0.1, -0.05) is 11.3 Å². The van der Waals surface area contributed by atoms with E-state index in [4.69, 9.17) is 38.4 Å². The largest absolute Gasteiger partial charge is 0.493 e. The van der Waals surface area contributed by atoms with Crippen molar-refractivity contribution in [3.8, 4) is 23.0 Å². The second-order valence-electron chi connectivity index (χ2n) is 9.21. The first-order chi connectivity index (χ1) is 19.9. The lowest BCUT2D eigenvalue weighted by Gasteiger charge is -2.35. The number of aromatic nitrogens is 3. The molecule has 3 aromatic rings. The molecular weight excluding hydrogens is 552 g/mol. The molecule has 0 aliphatic carbocycles. The monoisotopic (exact) mass is 586 g/mol. The highest BCUT2D eigenvalue weighted by molar-refractivity contribution is 7.17. The summed E-state index contributed by atoms with van der Waals surface area (Å²) in [5.41, 5.74) is 1.53. The molecule has 0 unspecified atom stereocenters. The van der Waals surface area contributed by atoms with Crippen LogP contribution in [0.5, 0.6) is 23.0 Å². The zero-order valence-corrected chi connectivity index (χ0v) is 24.6. The number of benzene rings is 1. The van der Waals surface area contributed by atoms with Gasteiger partial charge in [-0.05, 0) is 31.5 Å². The Morgan fingerprint density at radius 2 is 1.71 bits per heavy atom. The average Bonchev–Trinajstić information content (AvgIpc) is 3.36. The molecule has 0 saturated carbocycles. The van der Waals surface area contributed by atoms with Gasteiger partial charge in [-0.15, -0.1) is 0 Å². The van der Waals surface area contributed by atoms with Crippen LogP contribution in [0, 0.1) is 6.92 Å². The SMILES string of the molecule is CCOC(=O)c1sc(Nc2nc(N3CCOCC3)c3c(n2)N(Cc2cc(OC)c(OC)c(OC)c2)CCO3)nc1C. The van der Waals surface area contributed by atoms with Crippen LogP contribution in [0.15, 0.2) is 12.1 Å². The lowest BCUT2D eigenvalue weighted by molar-refractivity contribution is 0.0531. The molecule has 5 rings (SSSR count). The minimum Gasteiger partial charge on any atom is -0.493 e. The third kappa shape index (κ3) is 6.03. The lowest BCUT2D eigenvalue weighted by atomic mass is 10.1. The number of aryl methyl sites for hydroxylation is 1. The molecule has 1 fully saturated rings. The van der Waals surface area contributed by atoms with Gasteiger partial charge in [-0.2, -0.15) is 9.97 Å². The molecule has 2 aliphatic rings. The van der Waals surface area contributed by atoms with Crippen LogP contribution in [0.2, 0.25) is 0 Å². The van der Waals surface area contributed by atoms with E-state index in [1.807, 2.05) is 12.1 Å². The van der Waals surface area contributed by atoms with Crippen molar-refractivity contribution in [1.82, 2.24) is 15.0 Å². The van der Waals surface area contributed by atoms with Crippen molar-refractivity contribution >= 4 is 40.0 Å². The summed E-state index contributed by atoms with van der Waals surface area (Å²) in [5.74, 6) is 3.55. The summed E-state index contributed by atoms with van der Waals surface area (Å²) < 4.78 is 33.5. The van der Waals surface area contributed by atoms with Crippen molar-refractivity contribution in [2.75, 3.05) is 82.5 Å². The molecule has 0 bridgehead atoms. The number of esters is 1. The van der Waals surface area contributed by atoms with Gasteiger partial charge in [0, 0.05) is 19.6 Å². The van der Waals surface area contributed by atoms with Crippen LogP contribution >= 0.6 is 11.3 Å². The summed E-state index contributed by atoms with van der Waals surface area (Å²) in [6.45, 7) is 7.93. The van der Waals surface area contributed by atoms with Gasteiger partial charge in [0.2, 0.25) is 17.4 Å². The second-order valence-corrected chi connectivity index (χ2v) is 10.2. The second kappa shape index (κ2) is 12.6. The van der Waals surface area contributed by atoms with Crippen molar-refractivity contribution in [1.29, 1.82) is 0 Å². The number of carbonyl (C=O) groups excluding carboxylic acids is 1. The molecule has 41 heavy (non-hydrogen) atoms. The summed E-state index contributed by atoms with van der Waals surface area (Å²) in [5, 5.41) is 3.70. The number of nitrogens with one attached hydrogen (secondary N) is 1. The molecule has 0 spiro atoms. The Morgan fingerprint density at radius 3 is 2.37 bits per heavy atom. The van der Waals surface area contributed by atoms with Gasteiger partial charge < -0.3 is 38.2 Å². The zero-order chi connectivity index (χ0) is 28.9. The first kappa shape index (κ1) is 28.5. The number of hydrogen-bond donors (Lipinski definition) is 1. The van der Waals surface area contributed by atoms with E-state index in [1.54, 1.807) is 35.2 Å². The highest BCUT2D eigenvalue weighted by Crippen LogP contribution is 2.42. The Balaban J connectivity index is 1.52. The number of morpholine rings is 1. The fourth-order valence-corrected chi connectivity index (χ4v) is 5.57. The van der Waals surface area contributed by atoms with E-state index in [-0.39, 0.29) is 6.61 Å². The van der Waals surface area contributed by atoms with Crippen LogP contribution in [0.1, 0.15) is 27.9 Å². The van der Waals surface area contributed by atoms with Crippen molar-refractivity contribution in [3.63, 3.8) is 0 Å². The van der Waals surface area contributed by atoms with Gasteiger partial charge in [-0.25, -0.2) is 9.78 Å². The molecule has 2 aromatic heterocycles. The van der Waals surface area contributed by atoms with Gasteiger partial charge in [-0.3, -0.25) is 5.32 Å². The first-order valence-corrected chi connectivity index (χ1v) is 14.1. The van der Waals surface area contributed by atoms with Crippen molar-refractivity contribution < 1.29 is 33.2 Å². The fraction of sp³-hybridized carbons (Fsp3) is 0.481. The van der Waals surface area contributed by atoms with Crippen LogP contribution in [0.3, 0.4) is 0 Å². The molecule has 2 aliphatic heterocycles. The standard InChI is InChI=1S/C27H34N6O7S/c1-6-39-25(34)22-16(2)28-27(41-22)31-26-29-23(32-7-10-38-11-8-32)21-24(30-26)33(9-12-40-21)15-17-13-18(35-3)20(37-5)19(14-17)36-4/h13-14H,6-12,15H2,1-5H3,(H,28,29,30,31). The molecule has 14 heteroatoms. The minimum absolute atomic E-state index is 0.289. The number of anilines is 4. The predicted octanol–water partition coefficient (Wildman–Crippen LogP) is 3.42. The van der Waals surface area contributed by atoms with E-state index in [0.717, 1.165) is 5.56 Å². The lowest BCUT2D eigenvalue weighted by Crippen LogP contribution is -2.39. The number of carbonyl (C=O) groups is 1. The summed E-state index contributed by atoms with van der Waals surface area (Å²) >= 11 is 1.20. The topological polar surface area (TPSA) is 130 Å². The van der Waals surface area contributed by atoms with Gasteiger partial charge >= 0.3 is 5.97 Å². The Bertz CT molecular complexity index is 1370. The van der Waals surface area contributed by atoms with Crippen LogP contribution < -0.4 is 34.1 Å². The van der Waals surface area contributed by atoms with E-state index in [2.05, 4.69) is 20.1 Å². The molecular formula is C27H34N6O7S. The van der Waals surface area contributed by atoms with E-state index in [0.29, 0.717) is 102 Å². The highest BCUT2D eigenvalue weighted by atomic mass is 32.1. The Labute approximate surface area is 242 Å². The quantitative estimate of drug-likeness (QED) is 0.349. The van der Waals surface area contributed by atoms with E-state index in [9.17, 15) is 4.79 Å². The zero-order valence-electron chi connectivity index (χ0n) is 23.8. The number of thiazole rings is 1.